The van der Waals surface area contributed by atoms with Crippen molar-refractivity contribution in [1.82, 2.24) is 14.9 Å². The highest BCUT2D eigenvalue weighted by Gasteiger charge is 2.08. The van der Waals surface area contributed by atoms with Gasteiger partial charge in [-0.3, -0.25) is 14.2 Å². The maximum absolute atomic E-state index is 12.4. The molecule has 2 rings (SSSR count). The van der Waals surface area contributed by atoms with Crippen LogP contribution in [-0.2, 0) is 16.1 Å². The number of ether oxygens (including phenoxy) is 1. The van der Waals surface area contributed by atoms with Crippen LogP contribution in [0, 0.1) is 6.92 Å². The summed E-state index contributed by atoms with van der Waals surface area (Å²) < 4.78 is 6.54. The van der Waals surface area contributed by atoms with Crippen LogP contribution in [0.3, 0.4) is 0 Å². The van der Waals surface area contributed by atoms with Crippen molar-refractivity contribution in [2.24, 2.45) is 0 Å². The number of carbonyl (C=O) groups is 1. The van der Waals surface area contributed by atoms with Crippen molar-refractivity contribution < 1.29 is 9.53 Å². The first-order chi connectivity index (χ1) is 11.0. The quantitative estimate of drug-likeness (QED) is 0.842. The van der Waals surface area contributed by atoms with Crippen LogP contribution in [-0.4, -0.2) is 35.2 Å². The van der Waals surface area contributed by atoms with E-state index in [9.17, 15) is 9.59 Å². The number of fused-ring (bicyclic) bond motifs is 1. The number of aromatic nitrogens is 2. The van der Waals surface area contributed by atoms with Crippen LogP contribution in [0.25, 0.3) is 10.9 Å². The van der Waals surface area contributed by atoms with E-state index in [-0.39, 0.29) is 17.5 Å². The van der Waals surface area contributed by atoms with Crippen LogP contribution in [0.2, 0.25) is 0 Å². The van der Waals surface area contributed by atoms with E-state index in [2.05, 4.69) is 10.3 Å². The van der Waals surface area contributed by atoms with Crippen LogP contribution in [0.5, 0.6) is 0 Å². The average Bonchev–Trinajstić information content (AvgIpc) is 2.50. The van der Waals surface area contributed by atoms with Crippen molar-refractivity contribution in [3.05, 3.63) is 40.4 Å². The summed E-state index contributed by atoms with van der Waals surface area (Å²) in [5, 5.41) is 3.47. The normalized spacial score (nSPS) is 12.3. The Hall–Kier alpha value is -2.21. The third kappa shape index (κ3) is 4.39. The molecular formula is C17H23N3O3. The van der Waals surface area contributed by atoms with Gasteiger partial charge in [-0.15, -0.1) is 0 Å². The molecule has 2 aromatic rings. The molecule has 1 aromatic carbocycles. The minimum Gasteiger partial charge on any atom is -0.383 e. The van der Waals surface area contributed by atoms with Crippen LogP contribution in [0.15, 0.2) is 29.3 Å². The Morgan fingerprint density at radius 1 is 1.43 bits per heavy atom. The maximum atomic E-state index is 12.4. The zero-order valence-corrected chi connectivity index (χ0v) is 13.8. The topological polar surface area (TPSA) is 73.2 Å². The third-order valence-electron chi connectivity index (χ3n) is 3.68. The first-order valence-electron chi connectivity index (χ1n) is 7.76. The SMILES string of the molecule is COC[C@H](C)NC(=O)CCCn1cnc2c(C)cccc2c1=O. The smallest absolute Gasteiger partial charge is 0.261 e. The Balaban J connectivity index is 1.97. The Morgan fingerprint density at radius 2 is 2.22 bits per heavy atom. The van der Waals surface area contributed by atoms with Crippen LogP contribution >= 0.6 is 0 Å². The molecule has 0 unspecified atom stereocenters. The molecule has 0 aliphatic heterocycles. The van der Waals surface area contributed by atoms with E-state index in [1.54, 1.807) is 24.1 Å². The van der Waals surface area contributed by atoms with Gasteiger partial charge in [0.05, 0.1) is 23.8 Å². The fourth-order valence-electron chi connectivity index (χ4n) is 2.55. The van der Waals surface area contributed by atoms with E-state index in [1.165, 1.54) is 0 Å². The number of hydrogen-bond acceptors (Lipinski definition) is 4. The van der Waals surface area contributed by atoms with Gasteiger partial charge in [0.25, 0.3) is 5.56 Å². The lowest BCUT2D eigenvalue weighted by Crippen LogP contribution is -2.35. The van der Waals surface area contributed by atoms with Gasteiger partial charge < -0.3 is 10.1 Å². The van der Waals surface area contributed by atoms with Crippen molar-refractivity contribution in [1.29, 1.82) is 0 Å². The van der Waals surface area contributed by atoms with Gasteiger partial charge in [-0.1, -0.05) is 12.1 Å². The van der Waals surface area contributed by atoms with E-state index in [4.69, 9.17) is 4.74 Å². The summed E-state index contributed by atoms with van der Waals surface area (Å²) in [6.07, 6.45) is 2.51. The molecule has 0 spiro atoms. The molecule has 124 valence electrons. The number of hydrogen-bond donors (Lipinski definition) is 1. The number of rotatable bonds is 7. The summed E-state index contributed by atoms with van der Waals surface area (Å²) >= 11 is 0. The second kappa shape index (κ2) is 7.87. The largest absolute Gasteiger partial charge is 0.383 e. The van der Waals surface area contributed by atoms with Crippen molar-refractivity contribution >= 4 is 16.8 Å². The van der Waals surface area contributed by atoms with E-state index in [1.807, 2.05) is 26.0 Å². The number of methoxy groups -OCH3 is 1. The molecule has 6 nitrogen and oxygen atoms in total. The Labute approximate surface area is 135 Å². The molecule has 1 aromatic heterocycles. The van der Waals surface area contributed by atoms with Crippen molar-refractivity contribution in [2.45, 2.75) is 39.3 Å². The average molecular weight is 317 g/mol. The molecule has 6 heteroatoms. The van der Waals surface area contributed by atoms with Crippen molar-refractivity contribution in [2.75, 3.05) is 13.7 Å². The van der Waals surface area contributed by atoms with E-state index in [0.29, 0.717) is 31.4 Å². The highest BCUT2D eigenvalue weighted by atomic mass is 16.5. The zero-order valence-electron chi connectivity index (χ0n) is 13.8. The molecular weight excluding hydrogens is 294 g/mol. The summed E-state index contributed by atoms with van der Waals surface area (Å²) in [6.45, 7) is 4.78. The number of nitrogens with zero attached hydrogens (tertiary/aromatic N) is 2. The Morgan fingerprint density at radius 3 is 2.96 bits per heavy atom. The highest BCUT2D eigenvalue weighted by Crippen LogP contribution is 2.11. The van der Waals surface area contributed by atoms with Gasteiger partial charge in [-0.2, -0.15) is 0 Å². The first kappa shape index (κ1) is 17.1. The fraction of sp³-hybridized carbons (Fsp3) is 0.471. The molecule has 0 radical (unpaired) electrons. The van der Waals surface area contributed by atoms with Crippen molar-refractivity contribution in [3.63, 3.8) is 0 Å². The van der Waals surface area contributed by atoms with Gasteiger partial charge in [0.15, 0.2) is 0 Å². The molecule has 0 aliphatic rings. The second-order valence-corrected chi connectivity index (χ2v) is 5.74. The van der Waals surface area contributed by atoms with E-state index >= 15 is 0 Å². The number of carbonyl (C=O) groups excluding carboxylic acids is 1. The van der Waals surface area contributed by atoms with Crippen LogP contribution in [0.1, 0.15) is 25.3 Å². The molecule has 0 saturated carbocycles. The molecule has 1 atom stereocenters. The molecule has 1 heterocycles. The predicted molar refractivity (Wildman–Crippen MR) is 89.5 cm³/mol. The lowest BCUT2D eigenvalue weighted by Gasteiger charge is -2.13. The standard InChI is InChI=1S/C17H23N3O3/c1-12-6-4-7-14-16(12)18-11-20(17(14)22)9-5-8-15(21)19-13(2)10-23-3/h4,6-7,11,13H,5,8-10H2,1-3H3,(H,19,21)/t13-/m0/s1. The monoisotopic (exact) mass is 317 g/mol. The lowest BCUT2D eigenvalue weighted by atomic mass is 10.1. The van der Waals surface area contributed by atoms with Gasteiger partial charge >= 0.3 is 0 Å². The summed E-state index contributed by atoms with van der Waals surface area (Å²) in [5.74, 6) is -0.0350. The molecule has 1 amide bonds. The van der Waals surface area contributed by atoms with Gasteiger partial charge in [-0.25, -0.2) is 4.98 Å². The number of amides is 1. The van der Waals surface area contributed by atoms with E-state index < -0.39 is 0 Å². The van der Waals surface area contributed by atoms with Crippen LogP contribution < -0.4 is 10.9 Å². The van der Waals surface area contributed by atoms with Gasteiger partial charge in [0, 0.05) is 26.1 Å². The van der Waals surface area contributed by atoms with E-state index in [0.717, 1.165) is 11.1 Å². The molecule has 0 aliphatic carbocycles. The summed E-state index contributed by atoms with van der Waals surface area (Å²) in [5.41, 5.74) is 1.66. The molecule has 0 fully saturated rings. The van der Waals surface area contributed by atoms with Crippen LogP contribution in [0.4, 0.5) is 0 Å². The Kier molecular flexibility index (Phi) is 5.87. The summed E-state index contributed by atoms with van der Waals surface area (Å²) in [7, 11) is 1.60. The second-order valence-electron chi connectivity index (χ2n) is 5.74. The number of aryl methyl sites for hydroxylation is 2. The van der Waals surface area contributed by atoms with Gasteiger partial charge in [0.1, 0.15) is 0 Å². The first-order valence-corrected chi connectivity index (χ1v) is 7.76. The molecule has 23 heavy (non-hydrogen) atoms. The molecule has 0 saturated heterocycles. The minimum atomic E-state index is -0.0631. The summed E-state index contributed by atoms with van der Waals surface area (Å²) in [4.78, 5) is 28.6. The number of benzene rings is 1. The summed E-state index contributed by atoms with van der Waals surface area (Å²) in [6, 6.07) is 5.56. The van der Waals surface area contributed by atoms with Crippen molar-refractivity contribution in [3.8, 4) is 0 Å². The highest BCUT2D eigenvalue weighted by molar-refractivity contribution is 5.80. The lowest BCUT2D eigenvalue weighted by molar-refractivity contribution is -0.122. The molecule has 1 N–H and O–H groups in total. The molecule has 0 bridgehead atoms. The number of para-hydroxylation sites is 1. The maximum Gasteiger partial charge on any atom is 0.261 e. The zero-order chi connectivity index (χ0) is 16.8. The predicted octanol–water partition coefficient (Wildman–Crippen LogP) is 1.64. The Bertz CT molecular complexity index is 739. The van der Waals surface area contributed by atoms with Gasteiger partial charge in [-0.05, 0) is 31.9 Å². The third-order valence-corrected chi connectivity index (χ3v) is 3.68. The minimum absolute atomic E-state index is 0.0134. The fourth-order valence-corrected chi connectivity index (χ4v) is 2.55. The van der Waals surface area contributed by atoms with Gasteiger partial charge in [0.2, 0.25) is 5.91 Å². The number of nitrogens with one attached hydrogen (secondary N) is 1.